The lowest BCUT2D eigenvalue weighted by Crippen LogP contribution is -2.35. The molecule has 0 saturated carbocycles. The van der Waals surface area contributed by atoms with Gasteiger partial charge in [-0.25, -0.2) is 0 Å². The summed E-state index contributed by atoms with van der Waals surface area (Å²) >= 11 is 0. The minimum atomic E-state index is -0.807. The third-order valence-corrected chi connectivity index (χ3v) is 3.41. The maximum atomic E-state index is 12.1. The van der Waals surface area contributed by atoms with Crippen molar-refractivity contribution in [2.24, 2.45) is 11.8 Å². The van der Waals surface area contributed by atoms with E-state index in [0.717, 1.165) is 12.8 Å². The van der Waals surface area contributed by atoms with Gasteiger partial charge in [0.15, 0.2) is 0 Å². The molecule has 0 saturated heterocycles. The summed E-state index contributed by atoms with van der Waals surface area (Å²) in [4.78, 5) is 24.1. The lowest BCUT2D eigenvalue weighted by Gasteiger charge is -2.26. The second-order valence-electron chi connectivity index (χ2n) is 4.62. The molecule has 0 aromatic rings. The van der Waals surface area contributed by atoms with E-state index in [4.69, 9.17) is 5.11 Å². The number of carbonyl (C=O) groups is 2. The SMILES string of the molecule is CCC(CC)C(C)C(=O)N(C)CCCC(=O)O. The maximum Gasteiger partial charge on any atom is 0.303 e. The van der Waals surface area contributed by atoms with E-state index in [1.165, 1.54) is 0 Å². The molecule has 1 atom stereocenters. The molecular formula is C13H25NO3. The van der Waals surface area contributed by atoms with Crippen molar-refractivity contribution in [2.75, 3.05) is 13.6 Å². The van der Waals surface area contributed by atoms with E-state index in [1.807, 2.05) is 6.92 Å². The quantitative estimate of drug-likeness (QED) is 0.712. The molecule has 0 radical (unpaired) electrons. The molecule has 0 spiro atoms. The van der Waals surface area contributed by atoms with E-state index in [2.05, 4.69) is 13.8 Å². The normalized spacial score (nSPS) is 12.5. The van der Waals surface area contributed by atoms with Gasteiger partial charge in [0.05, 0.1) is 0 Å². The highest BCUT2D eigenvalue weighted by Crippen LogP contribution is 2.20. The summed E-state index contributed by atoms with van der Waals surface area (Å²) < 4.78 is 0. The van der Waals surface area contributed by atoms with E-state index in [-0.39, 0.29) is 18.2 Å². The second kappa shape index (κ2) is 8.09. The molecule has 0 aliphatic rings. The zero-order valence-corrected chi connectivity index (χ0v) is 11.4. The number of nitrogens with zero attached hydrogens (tertiary/aromatic N) is 1. The van der Waals surface area contributed by atoms with Crippen LogP contribution < -0.4 is 0 Å². The van der Waals surface area contributed by atoms with Gasteiger partial charge in [0.2, 0.25) is 5.91 Å². The lowest BCUT2D eigenvalue weighted by atomic mass is 9.88. The molecule has 0 rings (SSSR count). The molecule has 0 aliphatic carbocycles. The Balaban J connectivity index is 4.14. The predicted octanol–water partition coefficient (Wildman–Crippen LogP) is 2.38. The first kappa shape index (κ1) is 15.9. The van der Waals surface area contributed by atoms with E-state index >= 15 is 0 Å². The molecule has 0 bridgehead atoms. The van der Waals surface area contributed by atoms with Crippen LogP contribution in [0.3, 0.4) is 0 Å². The third kappa shape index (κ3) is 5.71. The first-order chi connectivity index (χ1) is 7.93. The molecule has 1 unspecified atom stereocenters. The van der Waals surface area contributed by atoms with E-state index in [0.29, 0.717) is 18.9 Å². The van der Waals surface area contributed by atoms with E-state index in [9.17, 15) is 9.59 Å². The Kier molecular flexibility index (Phi) is 7.59. The van der Waals surface area contributed by atoms with Crippen LogP contribution in [0.5, 0.6) is 0 Å². The highest BCUT2D eigenvalue weighted by Gasteiger charge is 2.23. The maximum absolute atomic E-state index is 12.1. The zero-order chi connectivity index (χ0) is 13.4. The standard InChI is InChI=1S/C13H25NO3/c1-5-11(6-2)10(3)13(17)14(4)9-7-8-12(15)16/h10-11H,5-9H2,1-4H3,(H,15,16). The monoisotopic (exact) mass is 243 g/mol. The summed E-state index contributed by atoms with van der Waals surface area (Å²) in [7, 11) is 1.75. The average Bonchev–Trinajstić information content (AvgIpc) is 2.28. The number of amides is 1. The van der Waals surface area contributed by atoms with Crippen LogP contribution in [0, 0.1) is 11.8 Å². The molecule has 0 aromatic heterocycles. The smallest absolute Gasteiger partial charge is 0.303 e. The van der Waals surface area contributed by atoms with Crippen LogP contribution >= 0.6 is 0 Å². The van der Waals surface area contributed by atoms with Crippen molar-refractivity contribution in [2.45, 2.75) is 46.5 Å². The Morgan fingerprint density at radius 3 is 2.18 bits per heavy atom. The van der Waals surface area contributed by atoms with Gasteiger partial charge in [-0.3, -0.25) is 9.59 Å². The average molecular weight is 243 g/mol. The van der Waals surface area contributed by atoms with Crippen LogP contribution in [-0.2, 0) is 9.59 Å². The molecule has 4 heteroatoms. The minimum Gasteiger partial charge on any atom is -0.481 e. The molecule has 100 valence electrons. The number of carbonyl (C=O) groups excluding carboxylic acids is 1. The lowest BCUT2D eigenvalue weighted by molar-refractivity contribution is -0.139. The fraction of sp³-hybridized carbons (Fsp3) is 0.846. The Hall–Kier alpha value is -1.06. The van der Waals surface area contributed by atoms with Crippen LogP contribution in [0.4, 0.5) is 0 Å². The Morgan fingerprint density at radius 2 is 1.76 bits per heavy atom. The molecule has 0 heterocycles. The van der Waals surface area contributed by atoms with Gasteiger partial charge in [-0.15, -0.1) is 0 Å². The fourth-order valence-electron chi connectivity index (χ4n) is 2.12. The highest BCUT2D eigenvalue weighted by molar-refractivity contribution is 5.78. The minimum absolute atomic E-state index is 0.0276. The Labute approximate surface area is 104 Å². The first-order valence-corrected chi connectivity index (χ1v) is 6.40. The Bertz CT molecular complexity index is 249. The van der Waals surface area contributed by atoms with Crippen LogP contribution in [0.25, 0.3) is 0 Å². The number of rotatable bonds is 8. The van der Waals surface area contributed by atoms with Gasteiger partial charge >= 0.3 is 5.97 Å². The largest absolute Gasteiger partial charge is 0.481 e. The van der Waals surface area contributed by atoms with Crippen molar-refractivity contribution >= 4 is 11.9 Å². The van der Waals surface area contributed by atoms with Crippen LogP contribution in [-0.4, -0.2) is 35.5 Å². The van der Waals surface area contributed by atoms with Crippen molar-refractivity contribution in [3.63, 3.8) is 0 Å². The molecule has 17 heavy (non-hydrogen) atoms. The van der Waals surface area contributed by atoms with Crippen molar-refractivity contribution in [1.82, 2.24) is 4.90 Å². The number of carboxylic acid groups (broad SMARTS) is 1. The van der Waals surface area contributed by atoms with Crippen molar-refractivity contribution in [3.05, 3.63) is 0 Å². The van der Waals surface area contributed by atoms with E-state index < -0.39 is 5.97 Å². The zero-order valence-electron chi connectivity index (χ0n) is 11.4. The number of hydrogen-bond acceptors (Lipinski definition) is 2. The van der Waals surface area contributed by atoms with Gasteiger partial charge in [0.25, 0.3) is 0 Å². The number of aliphatic carboxylic acids is 1. The first-order valence-electron chi connectivity index (χ1n) is 6.40. The Morgan fingerprint density at radius 1 is 1.24 bits per heavy atom. The summed E-state index contributed by atoms with van der Waals surface area (Å²) in [6.07, 6.45) is 2.66. The molecule has 4 nitrogen and oxygen atoms in total. The van der Waals surface area contributed by atoms with Crippen LogP contribution in [0.15, 0.2) is 0 Å². The van der Waals surface area contributed by atoms with E-state index in [1.54, 1.807) is 11.9 Å². The third-order valence-electron chi connectivity index (χ3n) is 3.41. The molecule has 0 fully saturated rings. The molecule has 1 amide bonds. The molecular weight excluding hydrogens is 218 g/mol. The molecule has 0 aromatic carbocycles. The molecule has 1 N–H and O–H groups in total. The van der Waals surface area contributed by atoms with Crippen LogP contribution in [0.1, 0.15) is 46.5 Å². The van der Waals surface area contributed by atoms with Crippen molar-refractivity contribution < 1.29 is 14.7 Å². The predicted molar refractivity (Wildman–Crippen MR) is 67.7 cm³/mol. The van der Waals surface area contributed by atoms with Gasteiger partial charge in [0.1, 0.15) is 0 Å². The summed E-state index contributed by atoms with van der Waals surface area (Å²) in [5.74, 6) is -0.229. The van der Waals surface area contributed by atoms with Gasteiger partial charge in [-0.2, -0.15) is 0 Å². The number of hydrogen-bond donors (Lipinski definition) is 1. The van der Waals surface area contributed by atoms with Crippen molar-refractivity contribution in [3.8, 4) is 0 Å². The van der Waals surface area contributed by atoms with Crippen molar-refractivity contribution in [1.29, 1.82) is 0 Å². The van der Waals surface area contributed by atoms with Gasteiger partial charge in [-0.05, 0) is 12.3 Å². The topological polar surface area (TPSA) is 57.6 Å². The van der Waals surface area contributed by atoms with Gasteiger partial charge in [0, 0.05) is 25.9 Å². The summed E-state index contributed by atoms with van der Waals surface area (Å²) in [5.41, 5.74) is 0. The second-order valence-corrected chi connectivity index (χ2v) is 4.62. The highest BCUT2D eigenvalue weighted by atomic mass is 16.4. The number of carboxylic acids is 1. The summed E-state index contributed by atoms with van der Waals surface area (Å²) in [6.45, 7) is 6.69. The fourth-order valence-corrected chi connectivity index (χ4v) is 2.12. The summed E-state index contributed by atoms with van der Waals surface area (Å²) in [5, 5.41) is 8.54. The van der Waals surface area contributed by atoms with Gasteiger partial charge < -0.3 is 10.0 Å². The van der Waals surface area contributed by atoms with Gasteiger partial charge in [-0.1, -0.05) is 33.6 Å². The molecule has 0 aliphatic heterocycles. The van der Waals surface area contributed by atoms with Crippen LogP contribution in [0.2, 0.25) is 0 Å². The summed E-state index contributed by atoms with van der Waals surface area (Å²) in [6, 6.07) is 0.